The minimum Gasteiger partial charge on any atom is -0.497 e. The Morgan fingerprint density at radius 1 is 1.04 bits per heavy atom. The number of nitrogens with zero attached hydrogens (tertiary/aromatic N) is 1. The lowest BCUT2D eigenvalue weighted by Gasteiger charge is -2.53. The standard InChI is InChI=1S/C18H21NO8/c1-10(27-11(2)20)14-15(21)19(12-6-8-13(24-3)9-7-12)18(14,16(22)25-4)17(23)26-5/h6-10,14H,1-5H3/t10-,14-/m1/s1. The summed E-state index contributed by atoms with van der Waals surface area (Å²) in [6.45, 7) is 2.59. The third kappa shape index (κ3) is 3.09. The third-order valence-corrected chi connectivity index (χ3v) is 4.43. The number of methoxy groups -OCH3 is 3. The zero-order valence-electron chi connectivity index (χ0n) is 15.7. The quantitative estimate of drug-likeness (QED) is 0.307. The number of rotatable bonds is 6. The summed E-state index contributed by atoms with van der Waals surface area (Å²) in [5.74, 6) is -3.98. The van der Waals surface area contributed by atoms with Crippen LogP contribution in [0.2, 0.25) is 0 Å². The largest absolute Gasteiger partial charge is 0.497 e. The van der Waals surface area contributed by atoms with Gasteiger partial charge in [0.05, 0.1) is 21.3 Å². The molecule has 0 spiro atoms. The van der Waals surface area contributed by atoms with Crippen molar-refractivity contribution in [2.24, 2.45) is 5.92 Å². The molecule has 0 radical (unpaired) electrons. The van der Waals surface area contributed by atoms with Gasteiger partial charge in [0.25, 0.3) is 5.54 Å². The molecular formula is C18H21NO8. The van der Waals surface area contributed by atoms with Crippen LogP contribution in [0.1, 0.15) is 13.8 Å². The molecule has 0 unspecified atom stereocenters. The highest BCUT2D eigenvalue weighted by Gasteiger charge is 2.74. The minimum atomic E-state index is -2.11. The maximum Gasteiger partial charge on any atom is 0.345 e. The molecule has 27 heavy (non-hydrogen) atoms. The van der Waals surface area contributed by atoms with Crippen LogP contribution >= 0.6 is 0 Å². The highest BCUT2D eigenvalue weighted by Crippen LogP contribution is 2.46. The Balaban J connectivity index is 2.60. The van der Waals surface area contributed by atoms with E-state index in [2.05, 4.69) is 0 Å². The van der Waals surface area contributed by atoms with Crippen LogP contribution in [0.3, 0.4) is 0 Å². The molecular weight excluding hydrogens is 358 g/mol. The third-order valence-electron chi connectivity index (χ3n) is 4.43. The first-order chi connectivity index (χ1) is 12.7. The Hall–Kier alpha value is -3.10. The number of carbonyl (C=O) groups excluding carboxylic acids is 4. The number of esters is 3. The molecule has 1 amide bonds. The van der Waals surface area contributed by atoms with E-state index < -0.39 is 41.4 Å². The van der Waals surface area contributed by atoms with Gasteiger partial charge in [0.1, 0.15) is 17.8 Å². The van der Waals surface area contributed by atoms with Crippen LogP contribution in [0.25, 0.3) is 0 Å². The topological polar surface area (TPSA) is 108 Å². The number of hydrogen-bond acceptors (Lipinski definition) is 8. The zero-order valence-corrected chi connectivity index (χ0v) is 15.7. The van der Waals surface area contributed by atoms with Crippen LogP contribution in [0, 0.1) is 5.92 Å². The van der Waals surface area contributed by atoms with Crippen molar-refractivity contribution in [3.05, 3.63) is 24.3 Å². The van der Waals surface area contributed by atoms with Crippen molar-refractivity contribution in [1.29, 1.82) is 0 Å². The normalized spacial score (nSPS) is 18.8. The van der Waals surface area contributed by atoms with E-state index in [4.69, 9.17) is 18.9 Å². The number of ether oxygens (including phenoxy) is 4. The summed E-state index contributed by atoms with van der Waals surface area (Å²) in [4.78, 5) is 50.6. The molecule has 0 aromatic heterocycles. The van der Waals surface area contributed by atoms with Gasteiger partial charge in [-0.05, 0) is 31.2 Å². The zero-order chi connectivity index (χ0) is 20.4. The predicted molar refractivity (Wildman–Crippen MR) is 92.0 cm³/mol. The van der Waals surface area contributed by atoms with E-state index in [1.54, 1.807) is 12.1 Å². The van der Waals surface area contributed by atoms with Crippen molar-refractivity contribution in [3.63, 3.8) is 0 Å². The summed E-state index contributed by atoms with van der Waals surface area (Å²) in [5, 5.41) is 0. The maximum atomic E-state index is 12.9. The molecule has 0 aliphatic carbocycles. The average Bonchev–Trinajstić information content (AvgIpc) is 2.64. The molecule has 1 aromatic rings. The first-order valence-corrected chi connectivity index (χ1v) is 8.07. The summed E-state index contributed by atoms with van der Waals surface area (Å²) in [7, 11) is 3.67. The molecule has 1 heterocycles. The molecule has 1 fully saturated rings. The molecule has 1 aliphatic rings. The van der Waals surface area contributed by atoms with Crippen molar-refractivity contribution in [2.45, 2.75) is 25.5 Å². The lowest BCUT2D eigenvalue weighted by Crippen LogP contribution is -2.81. The summed E-state index contributed by atoms with van der Waals surface area (Å²) < 4.78 is 19.8. The van der Waals surface area contributed by atoms with Gasteiger partial charge in [0, 0.05) is 12.6 Å². The van der Waals surface area contributed by atoms with Crippen LogP contribution < -0.4 is 9.64 Å². The van der Waals surface area contributed by atoms with Crippen LogP contribution in [0.15, 0.2) is 24.3 Å². The molecule has 0 saturated carbocycles. The Bertz CT molecular complexity index is 741. The van der Waals surface area contributed by atoms with Gasteiger partial charge in [-0.25, -0.2) is 9.59 Å². The fourth-order valence-electron chi connectivity index (χ4n) is 3.33. The number of β-lactam (4-membered cyclic amide) rings is 1. The van der Waals surface area contributed by atoms with E-state index in [1.807, 2.05) is 0 Å². The predicted octanol–water partition coefficient (Wildman–Crippen LogP) is 0.694. The number of hydrogen-bond donors (Lipinski definition) is 0. The van der Waals surface area contributed by atoms with Crippen molar-refractivity contribution in [1.82, 2.24) is 0 Å². The highest BCUT2D eigenvalue weighted by molar-refractivity contribution is 6.26. The SMILES string of the molecule is COC(=O)C1(C(=O)OC)[C@H]([C@@H](C)OC(C)=O)C(=O)N1c1ccc(OC)cc1. The molecule has 9 heteroatoms. The first-order valence-electron chi connectivity index (χ1n) is 8.07. The van der Waals surface area contributed by atoms with Crippen molar-refractivity contribution in [3.8, 4) is 5.75 Å². The summed E-state index contributed by atoms with van der Waals surface area (Å²) in [5.41, 5.74) is -1.84. The van der Waals surface area contributed by atoms with Crippen molar-refractivity contribution >= 4 is 29.5 Å². The number of anilines is 1. The second-order valence-corrected chi connectivity index (χ2v) is 5.91. The average molecular weight is 379 g/mol. The lowest BCUT2D eigenvalue weighted by molar-refractivity contribution is -0.183. The second kappa shape index (κ2) is 7.65. The van der Waals surface area contributed by atoms with Crippen molar-refractivity contribution < 1.29 is 38.1 Å². The molecule has 1 aliphatic heterocycles. The van der Waals surface area contributed by atoms with Crippen LogP contribution in [-0.4, -0.2) is 56.8 Å². The van der Waals surface area contributed by atoms with Gasteiger partial charge in [0.2, 0.25) is 5.91 Å². The molecule has 2 rings (SSSR count). The van der Waals surface area contributed by atoms with Crippen LogP contribution in [0.4, 0.5) is 5.69 Å². The smallest absolute Gasteiger partial charge is 0.345 e. The molecule has 1 saturated heterocycles. The number of amides is 1. The van der Waals surface area contributed by atoms with Gasteiger partial charge in [-0.15, -0.1) is 0 Å². The fraction of sp³-hybridized carbons (Fsp3) is 0.444. The van der Waals surface area contributed by atoms with Gasteiger partial charge in [-0.1, -0.05) is 0 Å². The van der Waals surface area contributed by atoms with Crippen molar-refractivity contribution in [2.75, 3.05) is 26.2 Å². The maximum absolute atomic E-state index is 12.9. The molecule has 0 bridgehead atoms. The van der Waals surface area contributed by atoms with E-state index in [1.165, 1.54) is 33.1 Å². The fourth-order valence-corrected chi connectivity index (χ4v) is 3.33. The summed E-state index contributed by atoms with van der Waals surface area (Å²) in [6, 6.07) is 6.18. The molecule has 1 aromatic carbocycles. The van der Waals surface area contributed by atoms with Gasteiger partial charge in [-0.2, -0.15) is 0 Å². The lowest BCUT2D eigenvalue weighted by atomic mass is 9.69. The monoisotopic (exact) mass is 379 g/mol. The number of benzene rings is 1. The second-order valence-electron chi connectivity index (χ2n) is 5.91. The number of carbonyl (C=O) groups is 4. The van der Waals surface area contributed by atoms with E-state index in [0.717, 1.165) is 19.1 Å². The first kappa shape index (κ1) is 20.2. The van der Waals surface area contributed by atoms with E-state index in [0.29, 0.717) is 5.75 Å². The minimum absolute atomic E-state index is 0.267. The summed E-state index contributed by atoms with van der Waals surface area (Å²) >= 11 is 0. The molecule has 9 nitrogen and oxygen atoms in total. The van der Waals surface area contributed by atoms with Gasteiger partial charge < -0.3 is 18.9 Å². The summed E-state index contributed by atoms with van der Waals surface area (Å²) in [6.07, 6.45) is -1.05. The molecule has 0 N–H and O–H groups in total. The van der Waals surface area contributed by atoms with Crippen LogP contribution in [0.5, 0.6) is 5.75 Å². The van der Waals surface area contributed by atoms with E-state index in [-0.39, 0.29) is 5.69 Å². The van der Waals surface area contributed by atoms with Crippen LogP contribution in [-0.2, 0) is 33.4 Å². The Morgan fingerprint density at radius 3 is 1.96 bits per heavy atom. The Labute approximate surface area is 156 Å². The van der Waals surface area contributed by atoms with E-state index >= 15 is 0 Å². The molecule has 146 valence electrons. The van der Waals surface area contributed by atoms with Gasteiger partial charge >= 0.3 is 17.9 Å². The molecule has 2 atom stereocenters. The Kier molecular flexibility index (Phi) is 5.72. The van der Waals surface area contributed by atoms with E-state index in [9.17, 15) is 19.2 Å². The Morgan fingerprint density at radius 2 is 1.56 bits per heavy atom. The highest BCUT2D eigenvalue weighted by atomic mass is 16.6. The van der Waals surface area contributed by atoms with Gasteiger partial charge in [-0.3, -0.25) is 14.5 Å². The van der Waals surface area contributed by atoms with Gasteiger partial charge in [0.15, 0.2) is 0 Å².